The second kappa shape index (κ2) is 10.3. The molecular weight excluding hydrogens is 575 g/mol. The number of carbonyl (C=O) groups is 4. The van der Waals surface area contributed by atoms with Crippen LogP contribution in [0.15, 0.2) is 18.3 Å². The number of aromatic nitrogens is 1. The van der Waals surface area contributed by atoms with Gasteiger partial charge in [0.2, 0.25) is 17.4 Å². The van der Waals surface area contributed by atoms with Crippen molar-refractivity contribution in [2.45, 2.75) is 62.5 Å². The summed E-state index contributed by atoms with van der Waals surface area (Å²) in [5, 5.41) is 15.6. The summed E-state index contributed by atoms with van der Waals surface area (Å²) in [5.41, 5.74) is -2.29. The van der Waals surface area contributed by atoms with Crippen molar-refractivity contribution in [2.24, 2.45) is 29.1 Å². The highest BCUT2D eigenvalue weighted by atomic mass is 19.1. The number of fused-ring (bicyclic) bond motifs is 6. The van der Waals surface area contributed by atoms with Crippen LogP contribution in [0.25, 0.3) is 0 Å². The third-order valence-corrected chi connectivity index (χ3v) is 10.9. The number of hydrogen-bond donors (Lipinski definition) is 2. The van der Waals surface area contributed by atoms with Gasteiger partial charge in [0.15, 0.2) is 11.6 Å². The van der Waals surface area contributed by atoms with Gasteiger partial charge < -0.3 is 34.6 Å². The molecule has 4 aliphatic heterocycles. The largest absolute Gasteiger partial charge is 0.472 e. The Morgan fingerprint density at radius 2 is 2.11 bits per heavy atom. The molecule has 2 N–H and O–H groups in total. The maximum atomic E-state index is 15.3. The predicted octanol–water partition coefficient (Wildman–Crippen LogP) is 1.25. The number of halogens is 1. The number of nitrogens with zero attached hydrogens (tertiary/aromatic N) is 4. The Balaban J connectivity index is 1.23. The number of hydrogen-bond acceptors (Lipinski definition) is 9. The molecule has 2 aliphatic carbocycles. The molecule has 44 heavy (non-hydrogen) atoms. The molecule has 10 atom stereocenters. The third-order valence-electron chi connectivity index (χ3n) is 10.9. The van der Waals surface area contributed by atoms with Crippen LogP contribution in [0.3, 0.4) is 0 Å². The topological polar surface area (TPSA) is 163 Å². The number of nitriles is 1. The first-order valence-electron chi connectivity index (χ1n) is 15.1. The van der Waals surface area contributed by atoms with E-state index in [1.165, 1.54) is 23.1 Å². The van der Waals surface area contributed by atoms with Crippen LogP contribution in [-0.2, 0) is 23.9 Å². The summed E-state index contributed by atoms with van der Waals surface area (Å²) in [6.07, 6.45) is 1.08. The quantitative estimate of drug-likeness (QED) is 0.511. The van der Waals surface area contributed by atoms with Crippen LogP contribution in [0, 0.1) is 40.4 Å². The van der Waals surface area contributed by atoms with Crippen LogP contribution in [-0.4, -0.2) is 102 Å². The summed E-state index contributed by atoms with van der Waals surface area (Å²) in [7, 11) is 1.21. The number of amides is 4. The van der Waals surface area contributed by atoms with Gasteiger partial charge in [-0.05, 0) is 55.1 Å². The summed E-state index contributed by atoms with van der Waals surface area (Å²) >= 11 is 0. The zero-order chi connectivity index (χ0) is 31.0. The molecule has 1 spiro atoms. The van der Waals surface area contributed by atoms with Gasteiger partial charge in [0.05, 0.1) is 26.3 Å². The minimum atomic E-state index is -1.53. The molecule has 1 aromatic heterocycles. The van der Waals surface area contributed by atoms with E-state index in [2.05, 4.69) is 21.7 Å². The fourth-order valence-corrected chi connectivity index (χ4v) is 8.71. The average molecular weight is 611 g/mol. The molecule has 2 bridgehead atoms. The first-order chi connectivity index (χ1) is 21.1. The maximum Gasteiger partial charge on any atom is 0.407 e. The summed E-state index contributed by atoms with van der Waals surface area (Å²) in [6.45, 7) is 2.48. The lowest BCUT2D eigenvalue weighted by molar-refractivity contribution is -0.149. The van der Waals surface area contributed by atoms with E-state index in [-0.39, 0.29) is 43.8 Å². The van der Waals surface area contributed by atoms with E-state index in [1.807, 2.05) is 6.92 Å². The highest BCUT2D eigenvalue weighted by Crippen LogP contribution is 2.59. The second-order valence-electron chi connectivity index (χ2n) is 13.3. The fraction of sp³-hybridized carbons (Fsp3) is 0.667. The van der Waals surface area contributed by atoms with E-state index in [9.17, 15) is 24.4 Å². The Kier molecular flexibility index (Phi) is 6.73. The molecule has 0 radical (unpaired) electrons. The number of carbonyl (C=O) groups excluding carboxylic acids is 4. The van der Waals surface area contributed by atoms with Gasteiger partial charge in [0.25, 0.3) is 5.91 Å². The van der Waals surface area contributed by atoms with Crippen molar-refractivity contribution in [1.82, 2.24) is 20.1 Å². The van der Waals surface area contributed by atoms with Crippen LogP contribution in [0.4, 0.5) is 15.0 Å². The monoisotopic (exact) mass is 610 g/mol. The number of anilines is 1. The van der Waals surface area contributed by atoms with Crippen LogP contribution in [0.2, 0.25) is 0 Å². The molecule has 234 valence electrons. The molecule has 5 heterocycles. The van der Waals surface area contributed by atoms with E-state index in [0.717, 1.165) is 0 Å². The fourth-order valence-electron chi connectivity index (χ4n) is 8.71. The van der Waals surface area contributed by atoms with Gasteiger partial charge in [-0.1, -0.05) is 6.92 Å². The summed E-state index contributed by atoms with van der Waals surface area (Å²) in [4.78, 5) is 61.8. The van der Waals surface area contributed by atoms with Gasteiger partial charge in [-0.25, -0.2) is 14.2 Å². The van der Waals surface area contributed by atoms with E-state index >= 15 is 4.39 Å². The molecule has 10 unspecified atom stereocenters. The first kappa shape index (κ1) is 28.8. The number of alkyl halides is 1. The molecule has 14 heteroatoms. The number of likely N-dealkylation sites (tertiary alicyclic amines) is 2. The van der Waals surface area contributed by atoms with E-state index in [1.54, 1.807) is 12.1 Å². The zero-order valence-electron chi connectivity index (χ0n) is 24.5. The zero-order valence-corrected chi connectivity index (χ0v) is 24.5. The SMILES string of the molecule is COC(=O)NC(C(=O)N1CC2C3CC(F)C(C3)C2C1C(=O)N1CC2(CC1C#N)Oc1cccnc1NC2=O)C1(C)CCOC1. The molecule has 13 nitrogen and oxygen atoms in total. The summed E-state index contributed by atoms with van der Waals surface area (Å²) in [5.74, 6) is -1.86. The van der Waals surface area contributed by atoms with Crippen molar-refractivity contribution in [3.05, 3.63) is 18.3 Å². The number of pyridine rings is 1. The number of rotatable bonds is 4. The van der Waals surface area contributed by atoms with Crippen molar-refractivity contribution in [3.8, 4) is 11.8 Å². The lowest BCUT2D eigenvalue weighted by Crippen LogP contribution is -2.61. The molecule has 3 saturated heterocycles. The maximum absolute atomic E-state index is 15.3. The molecule has 6 aliphatic rings. The van der Waals surface area contributed by atoms with Crippen LogP contribution >= 0.6 is 0 Å². The van der Waals surface area contributed by atoms with Crippen molar-refractivity contribution in [3.63, 3.8) is 0 Å². The lowest BCUT2D eigenvalue weighted by Gasteiger charge is -2.39. The van der Waals surface area contributed by atoms with E-state index in [4.69, 9.17) is 14.2 Å². The molecular formula is C30H35FN6O7. The van der Waals surface area contributed by atoms with Gasteiger partial charge >= 0.3 is 6.09 Å². The molecule has 4 amide bonds. The number of ether oxygens (including phenoxy) is 3. The van der Waals surface area contributed by atoms with Crippen LogP contribution in [0.1, 0.15) is 32.6 Å². The lowest BCUT2D eigenvalue weighted by atomic mass is 9.77. The normalized spacial score (nSPS) is 38.9. The average Bonchev–Trinajstić information content (AvgIpc) is 3.83. The molecule has 0 aromatic carbocycles. The van der Waals surface area contributed by atoms with Gasteiger partial charge in [-0.3, -0.25) is 14.4 Å². The van der Waals surface area contributed by atoms with Crippen LogP contribution < -0.4 is 15.4 Å². The van der Waals surface area contributed by atoms with Crippen molar-refractivity contribution in [2.75, 3.05) is 38.7 Å². The van der Waals surface area contributed by atoms with Gasteiger partial charge in [0, 0.05) is 31.2 Å². The smallest absolute Gasteiger partial charge is 0.407 e. The Hall–Kier alpha value is -3.99. The van der Waals surface area contributed by atoms with Gasteiger partial charge in [0.1, 0.15) is 24.3 Å². The predicted molar refractivity (Wildman–Crippen MR) is 148 cm³/mol. The standard InChI is InChI=1S/C30H35FN6O7/c1-29(5-7-43-14-29)23(34-28(41)42-2)26(39)36-12-18-15-8-17(19(31)9-15)21(18)22(36)25(38)37-13-30(10-16(37)11-32)27(40)35-24-20(44-30)4-3-6-33-24/h3-4,6,15-19,21-23H,5,7-10,12-14H2,1-2H3,(H,34,41)(H,33,35,40). The Morgan fingerprint density at radius 3 is 2.84 bits per heavy atom. The molecule has 7 rings (SSSR count). The minimum absolute atomic E-state index is 0.0265. The highest BCUT2D eigenvalue weighted by molar-refractivity contribution is 6.01. The molecule has 5 fully saturated rings. The van der Waals surface area contributed by atoms with Gasteiger partial charge in [-0.15, -0.1) is 0 Å². The Morgan fingerprint density at radius 1 is 1.30 bits per heavy atom. The van der Waals surface area contributed by atoms with Crippen molar-refractivity contribution in [1.29, 1.82) is 5.26 Å². The highest BCUT2D eigenvalue weighted by Gasteiger charge is 2.65. The number of nitrogens with one attached hydrogen (secondary N) is 2. The molecule has 2 saturated carbocycles. The molecule has 1 aromatic rings. The van der Waals surface area contributed by atoms with E-state index < -0.39 is 71.0 Å². The van der Waals surface area contributed by atoms with E-state index in [0.29, 0.717) is 31.6 Å². The Labute approximate surface area is 253 Å². The Bertz CT molecular complexity index is 1450. The summed E-state index contributed by atoms with van der Waals surface area (Å²) in [6, 6.07) is 2.31. The third kappa shape index (κ3) is 4.22. The first-order valence-corrected chi connectivity index (χ1v) is 15.1. The minimum Gasteiger partial charge on any atom is -0.472 e. The number of methoxy groups -OCH3 is 1. The number of alkyl carbamates (subject to hydrolysis) is 1. The summed E-state index contributed by atoms with van der Waals surface area (Å²) < 4.78 is 31.8. The van der Waals surface area contributed by atoms with Crippen molar-refractivity contribution < 1.29 is 37.8 Å². The van der Waals surface area contributed by atoms with Gasteiger partial charge in [-0.2, -0.15) is 5.26 Å². The second-order valence-corrected chi connectivity index (χ2v) is 13.3. The van der Waals surface area contributed by atoms with Crippen LogP contribution in [0.5, 0.6) is 5.75 Å². The van der Waals surface area contributed by atoms with Crippen molar-refractivity contribution >= 4 is 29.6 Å².